The predicted molar refractivity (Wildman–Crippen MR) is 85.8 cm³/mol. The zero-order valence-corrected chi connectivity index (χ0v) is 12.7. The minimum Gasteiger partial charge on any atom is -0.484 e. The number of hydrogen-bond donors (Lipinski definition) is 1. The van der Waals surface area contributed by atoms with E-state index in [2.05, 4.69) is 12.2 Å². The molecule has 4 nitrogen and oxygen atoms in total. The van der Waals surface area contributed by atoms with Gasteiger partial charge in [0.2, 0.25) is 0 Å². The molecule has 0 saturated heterocycles. The predicted octanol–water partition coefficient (Wildman–Crippen LogP) is 3.45. The van der Waals surface area contributed by atoms with Crippen LogP contribution < -0.4 is 10.1 Å². The van der Waals surface area contributed by atoms with E-state index >= 15 is 0 Å². The van der Waals surface area contributed by atoms with Crippen LogP contribution in [0.2, 0.25) is 0 Å². The molecule has 2 aromatic carbocycles. The van der Waals surface area contributed by atoms with E-state index in [-0.39, 0.29) is 12.5 Å². The number of ether oxygens (including phenoxy) is 1. The molecule has 0 unspecified atom stereocenters. The second-order valence-electron chi connectivity index (χ2n) is 4.94. The summed E-state index contributed by atoms with van der Waals surface area (Å²) in [6.07, 6.45) is 0.855. The number of aryl methyl sites for hydroxylation is 2. The lowest BCUT2D eigenvalue weighted by atomic mass is 10.1. The first-order valence-corrected chi connectivity index (χ1v) is 7.15. The van der Waals surface area contributed by atoms with E-state index < -0.39 is 0 Å². The molecule has 0 heterocycles. The summed E-state index contributed by atoms with van der Waals surface area (Å²) in [7, 11) is 0. The summed E-state index contributed by atoms with van der Waals surface area (Å²) in [6, 6.07) is 14.7. The Morgan fingerprint density at radius 2 is 1.95 bits per heavy atom. The van der Waals surface area contributed by atoms with Gasteiger partial charge >= 0.3 is 0 Å². The average molecular weight is 294 g/mol. The number of carbonyl (C=O) groups excluding carboxylic acids is 1. The van der Waals surface area contributed by atoms with E-state index in [4.69, 9.17) is 10.00 Å². The molecule has 0 fully saturated rings. The molecule has 0 aliphatic rings. The van der Waals surface area contributed by atoms with Gasteiger partial charge in [-0.3, -0.25) is 4.79 Å². The van der Waals surface area contributed by atoms with Crippen molar-refractivity contribution in [3.8, 4) is 11.8 Å². The van der Waals surface area contributed by atoms with E-state index in [9.17, 15) is 4.79 Å². The maximum Gasteiger partial charge on any atom is 0.262 e. The summed E-state index contributed by atoms with van der Waals surface area (Å²) in [5.41, 5.74) is 3.56. The maximum atomic E-state index is 12.0. The number of hydrogen-bond acceptors (Lipinski definition) is 3. The Labute approximate surface area is 130 Å². The van der Waals surface area contributed by atoms with Gasteiger partial charge in [0, 0.05) is 5.69 Å². The summed E-state index contributed by atoms with van der Waals surface area (Å²) >= 11 is 0. The number of carbonyl (C=O) groups is 1. The normalized spacial score (nSPS) is 9.86. The number of nitriles is 1. The van der Waals surface area contributed by atoms with Crippen LogP contribution in [0.4, 0.5) is 5.69 Å². The van der Waals surface area contributed by atoms with Gasteiger partial charge in [-0.15, -0.1) is 0 Å². The van der Waals surface area contributed by atoms with Crippen LogP contribution in [0.15, 0.2) is 42.5 Å². The van der Waals surface area contributed by atoms with Crippen molar-refractivity contribution in [3.63, 3.8) is 0 Å². The molecule has 1 amide bonds. The van der Waals surface area contributed by atoms with Crippen molar-refractivity contribution >= 4 is 11.6 Å². The van der Waals surface area contributed by atoms with Crippen molar-refractivity contribution in [3.05, 3.63) is 59.2 Å². The zero-order chi connectivity index (χ0) is 15.9. The Kier molecular flexibility index (Phi) is 5.16. The molecular formula is C18H18N2O2. The maximum absolute atomic E-state index is 12.0. The number of nitrogens with zero attached hydrogens (tertiary/aromatic N) is 1. The summed E-state index contributed by atoms with van der Waals surface area (Å²) in [5.74, 6) is 0.364. The van der Waals surface area contributed by atoms with Crippen LogP contribution in [0.1, 0.15) is 23.6 Å². The third kappa shape index (κ3) is 3.86. The van der Waals surface area contributed by atoms with E-state index in [1.165, 1.54) is 0 Å². The van der Waals surface area contributed by atoms with E-state index in [0.717, 1.165) is 23.2 Å². The van der Waals surface area contributed by atoms with Gasteiger partial charge in [-0.25, -0.2) is 0 Å². The highest BCUT2D eigenvalue weighted by atomic mass is 16.5. The van der Waals surface area contributed by atoms with Crippen LogP contribution in [-0.4, -0.2) is 12.5 Å². The third-order valence-corrected chi connectivity index (χ3v) is 3.36. The lowest BCUT2D eigenvalue weighted by Gasteiger charge is -2.13. The quantitative estimate of drug-likeness (QED) is 0.918. The number of rotatable bonds is 5. The molecule has 0 bridgehead atoms. The molecule has 4 heteroatoms. The highest BCUT2D eigenvalue weighted by Gasteiger charge is 2.09. The van der Waals surface area contributed by atoms with Crippen LogP contribution in [0.5, 0.6) is 5.75 Å². The van der Waals surface area contributed by atoms with Crippen LogP contribution >= 0.6 is 0 Å². The van der Waals surface area contributed by atoms with Crippen molar-refractivity contribution in [2.45, 2.75) is 20.3 Å². The standard InChI is InChI=1S/C18H18N2O2/c1-3-15-6-4-5-13(2)18(15)20-17(21)12-22-16-9-7-14(11-19)8-10-16/h4-10H,3,12H2,1-2H3,(H,20,21). The number of amides is 1. The summed E-state index contributed by atoms with van der Waals surface area (Å²) in [6.45, 7) is 3.96. The van der Waals surface area contributed by atoms with Gasteiger partial charge in [-0.1, -0.05) is 25.1 Å². The molecule has 22 heavy (non-hydrogen) atoms. The van der Waals surface area contributed by atoms with Gasteiger partial charge in [0.15, 0.2) is 6.61 Å². The van der Waals surface area contributed by atoms with Crippen LogP contribution in [0.25, 0.3) is 0 Å². The molecule has 1 N–H and O–H groups in total. The van der Waals surface area contributed by atoms with Gasteiger partial charge in [0.25, 0.3) is 5.91 Å². The van der Waals surface area contributed by atoms with Crippen molar-refractivity contribution in [2.75, 3.05) is 11.9 Å². The molecule has 0 atom stereocenters. The summed E-state index contributed by atoms with van der Waals surface area (Å²) < 4.78 is 5.43. The fourth-order valence-corrected chi connectivity index (χ4v) is 2.15. The van der Waals surface area contributed by atoms with E-state index in [1.54, 1.807) is 24.3 Å². The van der Waals surface area contributed by atoms with Crippen molar-refractivity contribution < 1.29 is 9.53 Å². The SMILES string of the molecule is CCc1cccc(C)c1NC(=O)COc1ccc(C#N)cc1. The Morgan fingerprint density at radius 1 is 1.23 bits per heavy atom. The first kappa shape index (κ1) is 15.6. The monoisotopic (exact) mass is 294 g/mol. The second-order valence-corrected chi connectivity index (χ2v) is 4.94. The molecule has 0 spiro atoms. The van der Waals surface area contributed by atoms with Gasteiger partial charge in [-0.05, 0) is 48.7 Å². The molecule has 0 radical (unpaired) electrons. The van der Waals surface area contributed by atoms with Gasteiger partial charge in [0.1, 0.15) is 5.75 Å². The molecule has 2 aromatic rings. The minimum absolute atomic E-state index is 0.0661. The molecule has 2 rings (SSSR count). The van der Waals surface area contributed by atoms with Gasteiger partial charge < -0.3 is 10.1 Å². The van der Waals surface area contributed by atoms with Gasteiger partial charge in [-0.2, -0.15) is 5.26 Å². The third-order valence-electron chi connectivity index (χ3n) is 3.36. The van der Waals surface area contributed by atoms with Gasteiger partial charge in [0.05, 0.1) is 11.6 Å². The fourth-order valence-electron chi connectivity index (χ4n) is 2.15. The highest BCUT2D eigenvalue weighted by Crippen LogP contribution is 2.21. The van der Waals surface area contributed by atoms with E-state index in [1.807, 2.05) is 31.2 Å². The Balaban J connectivity index is 1.97. The molecule has 0 aromatic heterocycles. The number of para-hydroxylation sites is 1. The summed E-state index contributed by atoms with van der Waals surface area (Å²) in [4.78, 5) is 12.0. The second kappa shape index (κ2) is 7.28. The Morgan fingerprint density at radius 3 is 2.59 bits per heavy atom. The Bertz CT molecular complexity index is 700. The van der Waals surface area contributed by atoms with Crippen LogP contribution in [0.3, 0.4) is 0 Å². The minimum atomic E-state index is -0.201. The van der Waals surface area contributed by atoms with E-state index in [0.29, 0.717) is 11.3 Å². The topological polar surface area (TPSA) is 62.1 Å². The molecular weight excluding hydrogens is 276 g/mol. The highest BCUT2D eigenvalue weighted by molar-refractivity contribution is 5.93. The average Bonchev–Trinajstić information content (AvgIpc) is 2.55. The number of anilines is 1. The largest absolute Gasteiger partial charge is 0.484 e. The van der Waals surface area contributed by atoms with Crippen LogP contribution in [-0.2, 0) is 11.2 Å². The Hall–Kier alpha value is -2.80. The van der Waals surface area contributed by atoms with Crippen molar-refractivity contribution in [1.29, 1.82) is 5.26 Å². The fraction of sp³-hybridized carbons (Fsp3) is 0.222. The lowest BCUT2D eigenvalue weighted by molar-refractivity contribution is -0.118. The molecule has 112 valence electrons. The first-order valence-electron chi connectivity index (χ1n) is 7.15. The van der Waals surface area contributed by atoms with Crippen molar-refractivity contribution in [1.82, 2.24) is 0 Å². The summed E-state index contributed by atoms with van der Waals surface area (Å²) in [5, 5.41) is 11.6. The molecule has 0 aliphatic carbocycles. The lowest BCUT2D eigenvalue weighted by Crippen LogP contribution is -2.21. The van der Waals surface area contributed by atoms with Crippen LogP contribution in [0, 0.1) is 18.3 Å². The zero-order valence-electron chi connectivity index (χ0n) is 12.7. The van der Waals surface area contributed by atoms with Crippen molar-refractivity contribution in [2.24, 2.45) is 0 Å². The number of benzene rings is 2. The number of nitrogens with one attached hydrogen (secondary N) is 1. The smallest absolute Gasteiger partial charge is 0.262 e. The molecule has 0 saturated carbocycles. The first-order chi connectivity index (χ1) is 10.6. The molecule has 0 aliphatic heterocycles.